The highest BCUT2D eigenvalue weighted by molar-refractivity contribution is 7.17. The number of rotatable bonds is 2. The lowest BCUT2D eigenvalue weighted by Gasteiger charge is -2.02. The average molecular weight is 337 g/mol. The van der Waals surface area contributed by atoms with Gasteiger partial charge in [0.2, 0.25) is 5.76 Å². The summed E-state index contributed by atoms with van der Waals surface area (Å²) in [5.74, 6) is -0.244. The zero-order chi connectivity index (χ0) is 16.7. The molecule has 2 aromatic carbocycles. The molecule has 0 bridgehead atoms. The van der Waals surface area contributed by atoms with E-state index in [0.717, 1.165) is 16.8 Å². The van der Waals surface area contributed by atoms with Gasteiger partial charge in [-0.1, -0.05) is 46.8 Å². The molecule has 4 rings (SSSR count). The summed E-state index contributed by atoms with van der Waals surface area (Å²) >= 11 is 1.52. The van der Waals surface area contributed by atoms with Crippen molar-refractivity contribution in [1.82, 2.24) is 9.72 Å². The van der Waals surface area contributed by atoms with Crippen LogP contribution in [-0.2, 0) is 6.54 Å². The number of thiazole rings is 1. The number of hydrogen-bond donors (Lipinski definition) is 0. The first kappa shape index (κ1) is 14.8. The molecule has 2 heterocycles. The van der Waals surface area contributed by atoms with Gasteiger partial charge in [-0.15, -0.1) is 0 Å². The van der Waals surface area contributed by atoms with E-state index < -0.39 is 5.91 Å². The van der Waals surface area contributed by atoms with Crippen molar-refractivity contribution in [2.75, 3.05) is 0 Å². The molecule has 0 atom stereocenters. The van der Waals surface area contributed by atoms with Crippen molar-refractivity contribution >= 4 is 38.2 Å². The number of hydrogen-bond acceptors (Lipinski definition) is 4. The van der Waals surface area contributed by atoms with E-state index in [-0.39, 0.29) is 5.76 Å². The molecule has 6 heteroatoms. The summed E-state index contributed by atoms with van der Waals surface area (Å²) in [4.78, 5) is 17.3. The van der Waals surface area contributed by atoms with E-state index in [4.69, 9.17) is 4.52 Å². The fourth-order valence-electron chi connectivity index (χ4n) is 2.80. The lowest BCUT2D eigenvalue weighted by atomic mass is 10.1. The van der Waals surface area contributed by atoms with E-state index in [1.54, 1.807) is 13.0 Å². The molecule has 0 saturated heterocycles. The van der Waals surface area contributed by atoms with Gasteiger partial charge in [0.05, 0.1) is 15.9 Å². The van der Waals surface area contributed by atoms with Gasteiger partial charge in [-0.3, -0.25) is 4.79 Å². The number of benzene rings is 2. The Morgan fingerprint density at radius 1 is 1.29 bits per heavy atom. The minimum atomic E-state index is -0.409. The summed E-state index contributed by atoms with van der Waals surface area (Å²) in [6.45, 7) is 4.56. The predicted octanol–water partition coefficient (Wildman–Crippen LogP) is 3.91. The quantitative estimate of drug-likeness (QED) is 0.557. The van der Waals surface area contributed by atoms with Crippen LogP contribution in [0.1, 0.15) is 23.2 Å². The molecule has 0 saturated carbocycles. The zero-order valence-electron chi connectivity index (χ0n) is 13.3. The molecule has 0 radical (unpaired) electrons. The van der Waals surface area contributed by atoms with E-state index >= 15 is 0 Å². The molecular weight excluding hydrogens is 322 g/mol. The van der Waals surface area contributed by atoms with Crippen LogP contribution in [0.5, 0.6) is 0 Å². The molecule has 5 nitrogen and oxygen atoms in total. The molecule has 4 aromatic rings. The van der Waals surface area contributed by atoms with Crippen molar-refractivity contribution in [1.29, 1.82) is 0 Å². The fourth-order valence-corrected chi connectivity index (χ4v) is 4.02. The van der Waals surface area contributed by atoms with Crippen LogP contribution >= 0.6 is 11.3 Å². The molecule has 0 aliphatic carbocycles. The Labute approximate surface area is 141 Å². The van der Waals surface area contributed by atoms with Crippen molar-refractivity contribution in [3.05, 3.63) is 58.7 Å². The average Bonchev–Trinajstić information content (AvgIpc) is 3.18. The maximum absolute atomic E-state index is 12.3. The Bertz CT molecular complexity index is 1130. The third kappa shape index (κ3) is 2.35. The van der Waals surface area contributed by atoms with Crippen LogP contribution in [0.3, 0.4) is 0 Å². The predicted molar refractivity (Wildman–Crippen MR) is 94.1 cm³/mol. The van der Waals surface area contributed by atoms with Gasteiger partial charge in [0.25, 0.3) is 0 Å². The Morgan fingerprint density at radius 2 is 2.12 bits per heavy atom. The molecular formula is C18H15N3O2S. The number of amides is 1. The van der Waals surface area contributed by atoms with Gasteiger partial charge in [-0.25, -0.2) is 0 Å². The van der Waals surface area contributed by atoms with Crippen LogP contribution in [0.15, 0.2) is 52.0 Å². The normalized spacial score (nSPS) is 12.3. The summed E-state index contributed by atoms with van der Waals surface area (Å²) in [5.41, 5.74) is 1.75. The third-order valence-electron chi connectivity index (χ3n) is 3.93. The fraction of sp³-hybridized carbons (Fsp3) is 0.167. The van der Waals surface area contributed by atoms with Crippen LogP contribution < -0.4 is 4.80 Å². The Hall–Kier alpha value is -2.73. The number of carbonyl (C=O) groups excluding carboxylic acids is 1. The Kier molecular flexibility index (Phi) is 3.54. The highest BCUT2D eigenvalue weighted by Crippen LogP contribution is 2.27. The number of carbonyl (C=O) groups is 1. The number of aromatic nitrogens is 2. The third-order valence-corrected chi connectivity index (χ3v) is 5.05. The van der Waals surface area contributed by atoms with Gasteiger partial charge in [-0.05, 0) is 25.3 Å². The van der Waals surface area contributed by atoms with Gasteiger partial charge in [0.15, 0.2) is 4.80 Å². The van der Waals surface area contributed by atoms with Gasteiger partial charge < -0.3 is 9.09 Å². The number of nitrogens with zero attached hydrogens (tertiary/aromatic N) is 3. The van der Waals surface area contributed by atoms with Crippen LogP contribution in [0.4, 0.5) is 0 Å². The SMILES string of the molecule is CCn1c(=NC(=O)c2cc(C)no2)sc2c3ccccc3ccc21. The second-order valence-electron chi connectivity index (χ2n) is 5.51. The van der Waals surface area contributed by atoms with Gasteiger partial charge in [0.1, 0.15) is 0 Å². The maximum Gasteiger partial charge on any atom is 0.318 e. The zero-order valence-corrected chi connectivity index (χ0v) is 14.1. The first-order valence-electron chi connectivity index (χ1n) is 7.71. The minimum absolute atomic E-state index is 0.164. The first-order chi connectivity index (χ1) is 11.7. The van der Waals surface area contributed by atoms with Crippen LogP contribution in [-0.4, -0.2) is 15.6 Å². The van der Waals surface area contributed by atoms with E-state index in [9.17, 15) is 4.79 Å². The Balaban J connectivity index is 1.96. The second-order valence-corrected chi connectivity index (χ2v) is 6.49. The lowest BCUT2D eigenvalue weighted by molar-refractivity contribution is 0.0962. The smallest absolute Gasteiger partial charge is 0.318 e. The van der Waals surface area contributed by atoms with Crippen molar-refractivity contribution in [2.45, 2.75) is 20.4 Å². The monoisotopic (exact) mass is 337 g/mol. The van der Waals surface area contributed by atoms with E-state index in [2.05, 4.69) is 34.4 Å². The standard InChI is InChI=1S/C18H15N3O2S/c1-3-21-14-9-8-12-6-4-5-7-13(12)16(14)24-18(21)19-17(22)15-10-11(2)20-23-15/h4-10H,3H2,1-2H3. The highest BCUT2D eigenvalue weighted by atomic mass is 32.1. The molecule has 24 heavy (non-hydrogen) atoms. The van der Waals surface area contributed by atoms with Crippen LogP contribution in [0.2, 0.25) is 0 Å². The van der Waals surface area contributed by atoms with E-state index in [1.807, 2.05) is 23.6 Å². The highest BCUT2D eigenvalue weighted by Gasteiger charge is 2.13. The Morgan fingerprint density at radius 3 is 2.88 bits per heavy atom. The molecule has 0 aliphatic heterocycles. The largest absolute Gasteiger partial charge is 0.351 e. The molecule has 120 valence electrons. The van der Waals surface area contributed by atoms with Crippen molar-refractivity contribution in [3.63, 3.8) is 0 Å². The summed E-state index contributed by atoms with van der Waals surface area (Å²) in [7, 11) is 0. The van der Waals surface area contributed by atoms with Crippen molar-refractivity contribution < 1.29 is 9.32 Å². The molecule has 0 fully saturated rings. The van der Waals surface area contributed by atoms with Gasteiger partial charge in [0, 0.05) is 18.0 Å². The summed E-state index contributed by atoms with van der Waals surface area (Å²) in [6, 6.07) is 14.0. The molecule has 0 spiro atoms. The van der Waals surface area contributed by atoms with E-state index in [0.29, 0.717) is 10.5 Å². The molecule has 0 aliphatic rings. The lowest BCUT2D eigenvalue weighted by Crippen LogP contribution is -2.15. The molecule has 1 amide bonds. The topological polar surface area (TPSA) is 60.4 Å². The number of aryl methyl sites for hydroxylation is 2. The summed E-state index contributed by atoms with van der Waals surface area (Å²) in [6.07, 6.45) is 0. The van der Waals surface area contributed by atoms with Crippen molar-refractivity contribution in [3.8, 4) is 0 Å². The molecule has 0 unspecified atom stereocenters. The second kappa shape index (κ2) is 5.72. The van der Waals surface area contributed by atoms with Gasteiger partial charge >= 0.3 is 5.91 Å². The van der Waals surface area contributed by atoms with Crippen molar-refractivity contribution in [2.24, 2.45) is 4.99 Å². The maximum atomic E-state index is 12.3. The summed E-state index contributed by atoms with van der Waals surface area (Å²) < 4.78 is 8.20. The van der Waals surface area contributed by atoms with Crippen LogP contribution in [0.25, 0.3) is 21.0 Å². The van der Waals surface area contributed by atoms with Crippen LogP contribution in [0, 0.1) is 6.92 Å². The summed E-state index contributed by atoms with van der Waals surface area (Å²) in [5, 5.41) is 6.10. The van der Waals surface area contributed by atoms with E-state index in [1.165, 1.54) is 22.1 Å². The molecule has 0 N–H and O–H groups in total. The first-order valence-corrected chi connectivity index (χ1v) is 8.52. The number of fused-ring (bicyclic) bond motifs is 3. The molecule has 2 aromatic heterocycles. The minimum Gasteiger partial charge on any atom is -0.351 e. The van der Waals surface area contributed by atoms with Gasteiger partial charge in [-0.2, -0.15) is 4.99 Å².